The molecule has 3 aromatic rings. The molecule has 2 aromatic heterocycles. The van der Waals surface area contributed by atoms with Crippen LogP contribution in [0.4, 0.5) is 17.2 Å². The number of ether oxygens (including phenoxy) is 2. The molecule has 0 bridgehead atoms. The van der Waals surface area contributed by atoms with Gasteiger partial charge in [0.1, 0.15) is 12.4 Å². The molecule has 0 radical (unpaired) electrons. The first kappa shape index (κ1) is 20.7. The Morgan fingerprint density at radius 2 is 2.03 bits per heavy atom. The van der Waals surface area contributed by atoms with Crippen LogP contribution < -0.4 is 19.7 Å². The van der Waals surface area contributed by atoms with Crippen LogP contribution in [-0.4, -0.2) is 35.6 Å². The van der Waals surface area contributed by atoms with Crippen LogP contribution in [0.1, 0.15) is 29.8 Å². The fraction of sp³-hybridized carbons (Fsp3) is 0.292. The van der Waals surface area contributed by atoms with Crippen molar-refractivity contribution >= 4 is 23.1 Å². The zero-order valence-corrected chi connectivity index (χ0v) is 18.0. The van der Waals surface area contributed by atoms with Gasteiger partial charge < -0.3 is 19.7 Å². The van der Waals surface area contributed by atoms with Gasteiger partial charge >= 0.3 is 0 Å². The Hall–Kier alpha value is -3.61. The second kappa shape index (κ2) is 9.04. The van der Waals surface area contributed by atoms with E-state index in [1.165, 1.54) is 0 Å². The molecule has 1 aliphatic heterocycles. The Morgan fingerprint density at radius 3 is 2.74 bits per heavy atom. The smallest absolute Gasteiger partial charge is 0.259 e. The first-order valence-electron chi connectivity index (χ1n) is 10.4. The number of benzene rings is 1. The van der Waals surface area contributed by atoms with Gasteiger partial charge in [-0.2, -0.15) is 0 Å². The van der Waals surface area contributed by atoms with Gasteiger partial charge in [0.15, 0.2) is 5.75 Å². The predicted molar refractivity (Wildman–Crippen MR) is 120 cm³/mol. The normalized spacial score (nSPS) is 12.8. The van der Waals surface area contributed by atoms with Crippen LogP contribution in [0.2, 0.25) is 0 Å². The maximum atomic E-state index is 13.0. The second-order valence-corrected chi connectivity index (χ2v) is 7.89. The SMILES string of the molecule is Cc1ccc(N2CCOc3c(C(=O)Nc4ccc(OCC(C)C)nc4)cccc32)nc1. The third-order valence-electron chi connectivity index (χ3n) is 4.82. The van der Waals surface area contributed by atoms with Crippen molar-refractivity contribution in [2.45, 2.75) is 20.8 Å². The maximum absolute atomic E-state index is 13.0. The molecule has 3 heterocycles. The number of anilines is 3. The van der Waals surface area contributed by atoms with Crippen molar-refractivity contribution < 1.29 is 14.3 Å². The molecule has 31 heavy (non-hydrogen) atoms. The summed E-state index contributed by atoms with van der Waals surface area (Å²) in [5.74, 6) is 2.08. The Morgan fingerprint density at radius 1 is 1.16 bits per heavy atom. The lowest BCUT2D eigenvalue weighted by Crippen LogP contribution is -2.30. The summed E-state index contributed by atoms with van der Waals surface area (Å²) < 4.78 is 11.5. The van der Waals surface area contributed by atoms with Gasteiger partial charge in [0, 0.05) is 12.3 Å². The quantitative estimate of drug-likeness (QED) is 0.630. The largest absolute Gasteiger partial charge is 0.489 e. The van der Waals surface area contributed by atoms with Crippen LogP contribution in [0.15, 0.2) is 54.9 Å². The number of carbonyl (C=O) groups is 1. The number of para-hydroxylation sites is 1. The Balaban J connectivity index is 1.53. The van der Waals surface area contributed by atoms with Crippen molar-refractivity contribution in [1.29, 1.82) is 0 Å². The molecule has 1 aliphatic rings. The lowest BCUT2D eigenvalue weighted by Gasteiger charge is -2.31. The molecule has 0 atom stereocenters. The molecule has 0 saturated heterocycles. The van der Waals surface area contributed by atoms with Gasteiger partial charge in [-0.15, -0.1) is 0 Å². The van der Waals surface area contributed by atoms with Gasteiger partial charge in [-0.25, -0.2) is 9.97 Å². The second-order valence-electron chi connectivity index (χ2n) is 7.89. The lowest BCUT2D eigenvalue weighted by atomic mass is 10.1. The average molecular weight is 418 g/mol. The minimum Gasteiger partial charge on any atom is -0.489 e. The number of rotatable bonds is 6. The van der Waals surface area contributed by atoms with E-state index in [2.05, 4.69) is 34.0 Å². The van der Waals surface area contributed by atoms with E-state index in [1.807, 2.05) is 37.4 Å². The van der Waals surface area contributed by atoms with Crippen molar-refractivity contribution in [3.63, 3.8) is 0 Å². The van der Waals surface area contributed by atoms with Crippen molar-refractivity contribution in [3.8, 4) is 11.6 Å². The molecule has 1 N–H and O–H groups in total. The van der Waals surface area contributed by atoms with Crippen molar-refractivity contribution in [3.05, 3.63) is 66.0 Å². The Labute approximate surface area is 182 Å². The fourth-order valence-corrected chi connectivity index (χ4v) is 3.28. The number of fused-ring (bicyclic) bond motifs is 1. The number of nitrogens with zero attached hydrogens (tertiary/aromatic N) is 3. The third-order valence-corrected chi connectivity index (χ3v) is 4.82. The van der Waals surface area contributed by atoms with Gasteiger partial charge in [0.25, 0.3) is 5.91 Å². The summed E-state index contributed by atoms with van der Waals surface area (Å²) in [6.07, 6.45) is 3.43. The number of pyridine rings is 2. The number of amides is 1. The molecule has 0 unspecified atom stereocenters. The van der Waals surface area contributed by atoms with Crippen molar-refractivity contribution in [2.24, 2.45) is 5.92 Å². The summed E-state index contributed by atoms with van der Waals surface area (Å²) in [5.41, 5.74) is 2.98. The van der Waals surface area contributed by atoms with E-state index in [0.717, 1.165) is 17.1 Å². The first-order valence-corrected chi connectivity index (χ1v) is 10.4. The topological polar surface area (TPSA) is 76.6 Å². The zero-order valence-electron chi connectivity index (χ0n) is 18.0. The number of aromatic nitrogens is 2. The summed E-state index contributed by atoms with van der Waals surface area (Å²) in [5, 5.41) is 2.89. The molecular formula is C24H26N4O3. The molecule has 7 nitrogen and oxygen atoms in total. The molecule has 160 valence electrons. The summed E-state index contributed by atoms with van der Waals surface area (Å²) in [6.45, 7) is 7.88. The molecule has 0 spiro atoms. The summed E-state index contributed by atoms with van der Waals surface area (Å²) >= 11 is 0. The van der Waals surface area contributed by atoms with Crippen LogP contribution in [0.25, 0.3) is 0 Å². The first-order chi connectivity index (χ1) is 15.0. The summed E-state index contributed by atoms with van der Waals surface area (Å²) in [4.78, 5) is 23.8. The van der Waals surface area contributed by atoms with E-state index < -0.39 is 0 Å². The van der Waals surface area contributed by atoms with Crippen molar-refractivity contribution in [2.75, 3.05) is 30.0 Å². The molecule has 7 heteroatoms. The van der Waals surface area contributed by atoms with E-state index >= 15 is 0 Å². The number of nitrogens with one attached hydrogen (secondary N) is 1. The van der Waals surface area contributed by atoms with Gasteiger partial charge in [-0.1, -0.05) is 26.0 Å². The average Bonchev–Trinajstić information content (AvgIpc) is 2.78. The van der Waals surface area contributed by atoms with E-state index in [-0.39, 0.29) is 5.91 Å². The summed E-state index contributed by atoms with van der Waals surface area (Å²) in [7, 11) is 0. The van der Waals surface area contributed by atoms with Gasteiger partial charge in [0.05, 0.1) is 36.3 Å². The highest BCUT2D eigenvalue weighted by Crippen LogP contribution is 2.38. The van der Waals surface area contributed by atoms with E-state index in [1.54, 1.807) is 24.4 Å². The highest BCUT2D eigenvalue weighted by Gasteiger charge is 2.25. The number of hydrogen-bond donors (Lipinski definition) is 1. The van der Waals surface area contributed by atoms with Gasteiger partial charge in [-0.3, -0.25) is 4.79 Å². The minimum absolute atomic E-state index is 0.256. The zero-order chi connectivity index (χ0) is 21.8. The standard InChI is InChI=1S/C24H26N4O3/c1-16(2)15-31-22-10-8-18(14-26-22)27-24(29)19-5-4-6-20-23(19)30-12-11-28(20)21-9-7-17(3)13-25-21/h4-10,13-14,16H,11-12,15H2,1-3H3,(H,27,29). The van der Waals surface area contributed by atoms with Crippen LogP contribution in [0, 0.1) is 12.8 Å². The maximum Gasteiger partial charge on any atom is 0.259 e. The number of carbonyl (C=O) groups excluding carboxylic acids is 1. The highest BCUT2D eigenvalue weighted by atomic mass is 16.5. The molecule has 1 aromatic carbocycles. The summed E-state index contributed by atoms with van der Waals surface area (Å²) in [6, 6.07) is 13.1. The van der Waals surface area contributed by atoms with E-state index in [4.69, 9.17) is 9.47 Å². The van der Waals surface area contributed by atoms with Crippen LogP contribution in [0.5, 0.6) is 11.6 Å². The van der Waals surface area contributed by atoms with Crippen LogP contribution in [0.3, 0.4) is 0 Å². The van der Waals surface area contributed by atoms with Crippen LogP contribution >= 0.6 is 0 Å². The van der Waals surface area contributed by atoms with E-state index in [0.29, 0.717) is 48.6 Å². The molecule has 0 aliphatic carbocycles. The predicted octanol–water partition coefficient (Wildman–Crippen LogP) is 4.60. The fourth-order valence-electron chi connectivity index (χ4n) is 3.28. The molecule has 0 fully saturated rings. The monoisotopic (exact) mass is 418 g/mol. The Bertz CT molecular complexity index is 1050. The number of aryl methyl sites for hydroxylation is 1. The molecule has 4 rings (SSSR count). The number of hydrogen-bond acceptors (Lipinski definition) is 6. The highest BCUT2D eigenvalue weighted by molar-refractivity contribution is 6.07. The van der Waals surface area contributed by atoms with Gasteiger partial charge in [-0.05, 0) is 42.7 Å². The minimum atomic E-state index is -0.256. The van der Waals surface area contributed by atoms with Crippen molar-refractivity contribution in [1.82, 2.24) is 9.97 Å². The van der Waals surface area contributed by atoms with Crippen LogP contribution in [-0.2, 0) is 0 Å². The molecular weight excluding hydrogens is 392 g/mol. The Kier molecular flexibility index (Phi) is 6.02. The molecule has 0 saturated carbocycles. The van der Waals surface area contributed by atoms with E-state index in [9.17, 15) is 4.79 Å². The molecule has 1 amide bonds. The lowest BCUT2D eigenvalue weighted by molar-refractivity contribution is 0.102. The van der Waals surface area contributed by atoms with Gasteiger partial charge in [0.2, 0.25) is 5.88 Å². The third kappa shape index (κ3) is 4.77.